The van der Waals surface area contributed by atoms with Crippen molar-refractivity contribution in [2.75, 3.05) is 6.54 Å². The summed E-state index contributed by atoms with van der Waals surface area (Å²) in [5.74, 6) is -0.256. The van der Waals surface area contributed by atoms with Crippen LogP contribution >= 0.6 is 0 Å². The summed E-state index contributed by atoms with van der Waals surface area (Å²) in [5, 5.41) is 0. The van der Waals surface area contributed by atoms with E-state index in [1.807, 2.05) is 27.0 Å². The molecule has 0 amide bonds. The van der Waals surface area contributed by atoms with Gasteiger partial charge in [-0.2, -0.15) is 0 Å². The first-order valence-electron chi connectivity index (χ1n) is 6.98. The van der Waals surface area contributed by atoms with Gasteiger partial charge >= 0.3 is 5.97 Å². The molecule has 0 N–H and O–H groups in total. The molecule has 18 heavy (non-hydrogen) atoms. The van der Waals surface area contributed by atoms with Gasteiger partial charge in [0.15, 0.2) is 0 Å². The highest BCUT2D eigenvalue weighted by atomic mass is 16.6. The summed E-state index contributed by atoms with van der Waals surface area (Å²) >= 11 is 0. The van der Waals surface area contributed by atoms with Gasteiger partial charge in [-0.05, 0) is 38.8 Å². The monoisotopic (exact) mass is 255 g/mol. The summed E-state index contributed by atoms with van der Waals surface area (Å²) in [6.45, 7) is 12.4. The maximum Gasteiger partial charge on any atom is 0.328 e. The molecule has 0 fully saturated rings. The van der Waals surface area contributed by atoms with Crippen LogP contribution in [0.15, 0.2) is 4.99 Å². The SMILES string of the molecule is CCC(CC)(CC)C/C=N/CC(=O)OC(C)(C)C. The Morgan fingerprint density at radius 2 is 1.61 bits per heavy atom. The van der Waals surface area contributed by atoms with E-state index in [4.69, 9.17) is 4.74 Å². The van der Waals surface area contributed by atoms with Gasteiger partial charge < -0.3 is 4.74 Å². The molecule has 0 saturated carbocycles. The fraction of sp³-hybridized carbons (Fsp3) is 0.867. The van der Waals surface area contributed by atoms with E-state index in [2.05, 4.69) is 25.8 Å². The molecule has 106 valence electrons. The Morgan fingerprint density at radius 3 is 2.00 bits per heavy atom. The van der Waals surface area contributed by atoms with Crippen LogP contribution in [-0.4, -0.2) is 24.3 Å². The van der Waals surface area contributed by atoms with Crippen molar-refractivity contribution in [3.05, 3.63) is 0 Å². The second kappa shape index (κ2) is 7.55. The van der Waals surface area contributed by atoms with Gasteiger partial charge in [0.25, 0.3) is 0 Å². The van der Waals surface area contributed by atoms with Crippen LogP contribution in [0.25, 0.3) is 0 Å². The average molecular weight is 255 g/mol. The maximum absolute atomic E-state index is 11.5. The van der Waals surface area contributed by atoms with E-state index in [0.717, 1.165) is 25.7 Å². The summed E-state index contributed by atoms with van der Waals surface area (Å²) < 4.78 is 5.20. The molecule has 0 heterocycles. The molecular formula is C15H29NO2. The number of carbonyl (C=O) groups is 1. The number of nitrogens with zero attached hydrogens (tertiary/aromatic N) is 1. The van der Waals surface area contributed by atoms with Crippen LogP contribution in [0, 0.1) is 5.41 Å². The molecule has 0 bridgehead atoms. The third-order valence-corrected chi connectivity index (χ3v) is 3.54. The molecule has 0 aromatic heterocycles. The van der Waals surface area contributed by atoms with Gasteiger partial charge in [0.05, 0.1) is 0 Å². The van der Waals surface area contributed by atoms with Crippen molar-refractivity contribution in [2.45, 2.75) is 72.8 Å². The van der Waals surface area contributed by atoms with Gasteiger partial charge in [-0.25, -0.2) is 0 Å². The van der Waals surface area contributed by atoms with Gasteiger partial charge in [0.1, 0.15) is 12.1 Å². The number of esters is 1. The molecule has 0 unspecified atom stereocenters. The lowest BCUT2D eigenvalue weighted by Gasteiger charge is -2.28. The molecule has 3 nitrogen and oxygen atoms in total. The van der Waals surface area contributed by atoms with E-state index >= 15 is 0 Å². The first-order chi connectivity index (χ1) is 8.28. The number of ether oxygens (including phenoxy) is 1. The van der Waals surface area contributed by atoms with Crippen LogP contribution in [0.1, 0.15) is 67.2 Å². The number of hydrogen-bond donors (Lipinski definition) is 0. The maximum atomic E-state index is 11.5. The predicted molar refractivity (Wildman–Crippen MR) is 77.1 cm³/mol. The second-order valence-corrected chi connectivity index (χ2v) is 5.87. The zero-order valence-electron chi connectivity index (χ0n) is 12.9. The minimum atomic E-state index is -0.424. The first kappa shape index (κ1) is 17.1. The van der Waals surface area contributed by atoms with Gasteiger partial charge in [-0.15, -0.1) is 0 Å². The number of rotatable bonds is 7. The molecule has 0 atom stereocenters. The topological polar surface area (TPSA) is 38.7 Å². The standard InChI is InChI=1S/C15H29NO2/c1-7-15(8-2,9-3)10-11-16-12-13(17)18-14(4,5)6/h11H,7-10,12H2,1-6H3/b16-11+. The highest BCUT2D eigenvalue weighted by Gasteiger charge is 2.22. The summed E-state index contributed by atoms with van der Waals surface area (Å²) in [5.41, 5.74) is -0.0793. The molecule has 0 spiro atoms. The summed E-state index contributed by atoms with van der Waals surface area (Å²) in [6, 6.07) is 0. The molecule has 0 rings (SSSR count). The largest absolute Gasteiger partial charge is 0.459 e. The first-order valence-corrected chi connectivity index (χ1v) is 6.98. The van der Waals surface area contributed by atoms with E-state index in [-0.39, 0.29) is 12.5 Å². The van der Waals surface area contributed by atoms with Crippen LogP contribution in [0.5, 0.6) is 0 Å². The highest BCUT2D eigenvalue weighted by Crippen LogP contribution is 2.33. The molecule has 0 aliphatic carbocycles. The Kier molecular flexibility index (Phi) is 7.19. The fourth-order valence-corrected chi connectivity index (χ4v) is 1.95. The van der Waals surface area contributed by atoms with Crippen LogP contribution in [0.2, 0.25) is 0 Å². The molecule has 0 aliphatic heterocycles. The zero-order valence-corrected chi connectivity index (χ0v) is 12.9. The van der Waals surface area contributed by atoms with E-state index in [0.29, 0.717) is 5.41 Å². The average Bonchev–Trinajstić information content (AvgIpc) is 2.28. The minimum Gasteiger partial charge on any atom is -0.459 e. The Hall–Kier alpha value is -0.860. The molecule has 0 aliphatic rings. The lowest BCUT2D eigenvalue weighted by molar-refractivity contribution is -0.152. The fourth-order valence-electron chi connectivity index (χ4n) is 1.95. The highest BCUT2D eigenvalue weighted by molar-refractivity contribution is 5.74. The summed E-state index contributed by atoms with van der Waals surface area (Å²) in [4.78, 5) is 15.6. The molecule has 0 aromatic rings. The van der Waals surface area contributed by atoms with Crippen molar-refractivity contribution < 1.29 is 9.53 Å². The Balaban J connectivity index is 4.15. The second-order valence-electron chi connectivity index (χ2n) is 5.87. The lowest BCUT2D eigenvalue weighted by atomic mass is 9.77. The zero-order chi connectivity index (χ0) is 14.2. The van der Waals surface area contributed by atoms with Crippen molar-refractivity contribution in [1.29, 1.82) is 0 Å². The number of hydrogen-bond acceptors (Lipinski definition) is 3. The van der Waals surface area contributed by atoms with E-state index in [1.165, 1.54) is 0 Å². The minimum absolute atomic E-state index is 0.129. The van der Waals surface area contributed by atoms with E-state index in [9.17, 15) is 4.79 Å². The molecule has 3 heteroatoms. The quantitative estimate of drug-likeness (QED) is 0.509. The molecular weight excluding hydrogens is 226 g/mol. The van der Waals surface area contributed by atoms with Crippen LogP contribution in [0.4, 0.5) is 0 Å². The molecule has 0 aromatic carbocycles. The van der Waals surface area contributed by atoms with Gasteiger partial charge in [-0.1, -0.05) is 40.0 Å². The lowest BCUT2D eigenvalue weighted by Crippen LogP contribution is -2.25. The number of aliphatic imine (C=N–C) groups is 1. The van der Waals surface area contributed by atoms with Crippen molar-refractivity contribution in [1.82, 2.24) is 0 Å². The van der Waals surface area contributed by atoms with E-state index < -0.39 is 5.60 Å². The Morgan fingerprint density at radius 1 is 1.11 bits per heavy atom. The smallest absolute Gasteiger partial charge is 0.328 e. The molecule has 0 radical (unpaired) electrons. The van der Waals surface area contributed by atoms with Crippen molar-refractivity contribution >= 4 is 12.2 Å². The third-order valence-electron chi connectivity index (χ3n) is 3.54. The van der Waals surface area contributed by atoms with Crippen LogP contribution in [0.3, 0.4) is 0 Å². The van der Waals surface area contributed by atoms with Crippen molar-refractivity contribution in [2.24, 2.45) is 10.4 Å². The van der Waals surface area contributed by atoms with Gasteiger partial charge in [0.2, 0.25) is 0 Å². The third kappa shape index (κ3) is 6.77. The Labute approximate surface area is 112 Å². The van der Waals surface area contributed by atoms with Crippen LogP contribution < -0.4 is 0 Å². The predicted octanol–water partition coefficient (Wildman–Crippen LogP) is 4.01. The number of carbonyl (C=O) groups excluding carboxylic acids is 1. The van der Waals surface area contributed by atoms with Gasteiger partial charge in [-0.3, -0.25) is 9.79 Å². The summed E-state index contributed by atoms with van der Waals surface area (Å²) in [7, 11) is 0. The van der Waals surface area contributed by atoms with E-state index in [1.54, 1.807) is 0 Å². The molecule has 0 saturated heterocycles. The van der Waals surface area contributed by atoms with Gasteiger partial charge in [0, 0.05) is 0 Å². The van der Waals surface area contributed by atoms with Crippen molar-refractivity contribution in [3.63, 3.8) is 0 Å². The summed E-state index contributed by atoms with van der Waals surface area (Å²) in [6.07, 6.45) is 6.29. The van der Waals surface area contributed by atoms with Crippen LogP contribution in [-0.2, 0) is 9.53 Å². The normalized spacial score (nSPS) is 13.0. The Bertz CT molecular complexity index is 264. The van der Waals surface area contributed by atoms with Crippen molar-refractivity contribution in [3.8, 4) is 0 Å².